The van der Waals surface area contributed by atoms with Gasteiger partial charge in [-0.1, -0.05) is 194 Å². The Hall–Kier alpha value is -7.54. The summed E-state index contributed by atoms with van der Waals surface area (Å²) in [6.45, 7) is 0. The van der Waals surface area contributed by atoms with Crippen molar-refractivity contribution in [2.24, 2.45) is 0 Å². The Morgan fingerprint density at radius 2 is 0.763 bits per heavy atom. The Bertz CT molecular complexity index is 3450. The first-order valence-electron chi connectivity index (χ1n) is 20.7. The molecular formula is C59H36. The Balaban J connectivity index is 1.08. The lowest BCUT2D eigenvalue weighted by Gasteiger charge is -2.31. The molecule has 11 aromatic rings. The van der Waals surface area contributed by atoms with Crippen molar-refractivity contribution >= 4 is 43.1 Å². The number of hydrogen-bond acceptors (Lipinski definition) is 0. The molecule has 0 bridgehead atoms. The van der Waals surface area contributed by atoms with Crippen molar-refractivity contribution in [1.82, 2.24) is 0 Å². The quantitative estimate of drug-likeness (QED) is 0.158. The zero-order chi connectivity index (χ0) is 38.7. The van der Waals surface area contributed by atoms with Crippen LogP contribution in [0.5, 0.6) is 0 Å². The molecule has 0 heterocycles. The van der Waals surface area contributed by atoms with E-state index < -0.39 is 5.41 Å². The van der Waals surface area contributed by atoms with Crippen molar-refractivity contribution in [3.8, 4) is 55.6 Å². The van der Waals surface area contributed by atoms with Crippen LogP contribution in [0.2, 0.25) is 0 Å². The van der Waals surface area contributed by atoms with Crippen LogP contribution in [0.15, 0.2) is 218 Å². The summed E-state index contributed by atoms with van der Waals surface area (Å²) >= 11 is 0. The zero-order valence-corrected chi connectivity index (χ0v) is 32.3. The van der Waals surface area contributed by atoms with Gasteiger partial charge in [-0.25, -0.2) is 0 Å². The highest BCUT2D eigenvalue weighted by Gasteiger charge is 2.52. The Morgan fingerprint density at radius 3 is 1.44 bits per heavy atom. The molecule has 0 saturated heterocycles. The average molecular weight is 745 g/mol. The van der Waals surface area contributed by atoms with Crippen LogP contribution in [-0.4, -0.2) is 0 Å². The molecule has 0 fully saturated rings. The van der Waals surface area contributed by atoms with Gasteiger partial charge < -0.3 is 0 Å². The van der Waals surface area contributed by atoms with Gasteiger partial charge in [-0.15, -0.1) is 0 Å². The average Bonchev–Trinajstić information content (AvgIpc) is 3.77. The Morgan fingerprint density at radius 1 is 0.237 bits per heavy atom. The van der Waals surface area contributed by atoms with Gasteiger partial charge >= 0.3 is 0 Å². The number of rotatable bonds is 3. The minimum atomic E-state index is -0.432. The van der Waals surface area contributed by atoms with Gasteiger partial charge in [-0.2, -0.15) is 0 Å². The second-order valence-corrected chi connectivity index (χ2v) is 16.3. The molecule has 0 aromatic heterocycles. The molecule has 0 nitrogen and oxygen atoms in total. The summed E-state index contributed by atoms with van der Waals surface area (Å²) in [7, 11) is 0. The van der Waals surface area contributed by atoms with Crippen LogP contribution in [0, 0.1) is 0 Å². The molecule has 2 aliphatic rings. The van der Waals surface area contributed by atoms with Crippen molar-refractivity contribution in [1.29, 1.82) is 0 Å². The first-order chi connectivity index (χ1) is 29.3. The van der Waals surface area contributed by atoms with Gasteiger partial charge in [0.1, 0.15) is 0 Å². The van der Waals surface area contributed by atoms with Crippen LogP contribution in [0.4, 0.5) is 0 Å². The number of hydrogen-bond donors (Lipinski definition) is 0. The van der Waals surface area contributed by atoms with Gasteiger partial charge in [0, 0.05) is 0 Å². The van der Waals surface area contributed by atoms with Crippen molar-refractivity contribution in [3.05, 3.63) is 241 Å². The minimum Gasteiger partial charge on any atom is -0.0622 e. The highest BCUT2D eigenvalue weighted by atomic mass is 14.5. The molecule has 272 valence electrons. The van der Waals surface area contributed by atoms with E-state index in [9.17, 15) is 0 Å². The maximum Gasteiger partial charge on any atom is 0.0731 e. The lowest BCUT2D eigenvalue weighted by Crippen LogP contribution is -2.26. The topological polar surface area (TPSA) is 0 Å². The first-order valence-corrected chi connectivity index (χ1v) is 20.7. The fraction of sp³-hybridized carbons (Fsp3) is 0.0169. The van der Waals surface area contributed by atoms with E-state index in [1.807, 2.05) is 0 Å². The number of fused-ring (bicyclic) bond motifs is 15. The van der Waals surface area contributed by atoms with E-state index in [-0.39, 0.29) is 0 Å². The molecule has 0 N–H and O–H groups in total. The summed E-state index contributed by atoms with van der Waals surface area (Å²) in [4.78, 5) is 0. The van der Waals surface area contributed by atoms with E-state index >= 15 is 0 Å². The lowest BCUT2D eigenvalue weighted by atomic mass is 9.69. The highest BCUT2D eigenvalue weighted by Crippen LogP contribution is 2.64. The standard InChI is InChI=1S/C59H36/c1-2-15-37(16-3-1)39-18-14-19-41(33-39)56-47-23-6-8-25-49(47)57(50-26-9-7-24-48(50)56)42-30-29-40-35-52-51-32-31-38-17-4-5-20-44(38)58(51)59(55(52)36-43(40)34-42)53-27-12-10-21-45(53)46-22-11-13-28-54(46)59/h1-36H. The SMILES string of the molecule is c1ccc(-c2cccc(-c3c4ccccc4c(-c4ccc5cc6c(cc5c4)C4(c5ccccc5-c5ccccc54)c4c-6ccc5ccccc45)c4ccccc34)c2)cc1. The summed E-state index contributed by atoms with van der Waals surface area (Å²) in [6.07, 6.45) is 0. The minimum absolute atomic E-state index is 0.432. The summed E-state index contributed by atoms with van der Waals surface area (Å²) < 4.78 is 0. The van der Waals surface area contributed by atoms with Crippen LogP contribution < -0.4 is 0 Å². The third-order valence-corrected chi connectivity index (χ3v) is 13.4. The van der Waals surface area contributed by atoms with Gasteiger partial charge in [-0.3, -0.25) is 0 Å². The molecule has 1 spiro atoms. The van der Waals surface area contributed by atoms with Crippen molar-refractivity contribution < 1.29 is 0 Å². The smallest absolute Gasteiger partial charge is 0.0622 e. The predicted octanol–water partition coefficient (Wildman–Crippen LogP) is 15.6. The van der Waals surface area contributed by atoms with Crippen LogP contribution >= 0.6 is 0 Å². The van der Waals surface area contributed by atoms with Gasteiger partial charge in [0.15, 0.2) is 0 Å². The van der Waals surface area contributed by atoms with Gasteiger partial charge in [0.25, 0.3) is 0 Å². The van der Waals surface area contributed by atoms with Crippen molar-refractivity contribution in [2.45, 2.75) is 5.41 Å². The summed E-state index contributed by atoms with van der Waals surface area (Å²) in [6, 6.07) is 81.9. The van der Waals surface area contributed by atoms with Crippen LogP contribution in [-0.2, 0) is 5.41 Å². The lowest BCUT2D eigenvalue weighted by molar-refractivity contribution is 0.802. The van der Waals surface area contributed by atoms with Gasteiger partial charge in [0.2, 0.25) is 0 Å². The van der Waals surface area contributed by atoms with Crippen LogP contribution in [0.3, 0.4) is 0 Å². The molecular weight excluding hydrogens is 709 g/mol. The van der Waals surface area contributed by atoms with Crippen LogP contribution in [0.25, 0.3) is 98.7 Å². The molecule has 0 amide bonds. The Kier molecular flexibility index (Phi) is 6.74. The fourth-order valence-corrected chi connectivity index (χ4v) is 11.1. The molecule has 11 aromatic carbocycles. The van der Waals surface area contributed by atoms with Crippen molar-refractivity contribution in [2.75, 3.05) is 0 Å². The largest absolute Gasteiger partial charge is 0.0731 e. The van der Waals surface area contributed by atoms with E-state index in [0.717, 1.165) is 0 Å². The second kappa shape index (κ2) is 12.2. The molecule has 13 rings (SSSR count). The summed E-state index contributed by atoms with van der Waals surface area (Å²) in [5.41, 5.74) is 17.9. The predicted molar refractivity (Wildman–Crippen MR) is 249 cm³/mol. The molecule has 2 aliphatic carbocycles. The van der Waals surface area contributed by atoms with Crippen molar-refractivity contribution in [3.63, 3.8) is 0 Å². The third kappa shape index (κ3) is 4.43. The second-order valence-electron chi connectivity index (χ2n) is 16.3. The molecule has 0 aliphatic heterocycles. The molecule has 0 heteroatoms. The molecule has 0 radical (unpaired) electrons. The first kappa shape index (κ1) is 32.5. The van der Waals surface area contributed by atoms with Gasteiger partial charge in [-0.05, 0) is 145 Å². The normalized spacial score (nSPS) is 13.2. The van der Waals surface area contributed by atoms with E-state index in [1.54, 1.807) is 0 Å². The molecule has 59 heavy (non-hydrogen) atoms. The highest BCUT2D eigenvalue weighted by molar-refractivity contribution is 6.22. The fourth-order valence-electron chi connectivity index (χ4n) is 11.1. The summed E-state index contributed by atoms with van der Waals surface area (Å²) in [5, 5.41) is 10.2. The maximum atomic E-state index is 2.54. The van der Waals surface area contributed by atoms with Crippen LogP contribution in [0.1, 0.15) is 22.3 Å². The van der Waals surface area contributed by atoms with E-state index in [4.69, 9.17) is 0 Å². The monoisotopic (exact) mass is 744 g/mol. The molecule has 0 unspecified atom stereocenters. The van der Waals surface area contributed by atoms with E-state index in [1.165, 1.54) is 121 Å². The Labute approximate surface area is 343 Å². The maximum absolute atomic E-state index is 2.54. The van der Waals surface area contributed by atoms with E-state index in [2.05, 4.69) is 218 Å². The zero-order valence-electron chi connectivity index (χ0n) is 32.3. The molecule has 0 saturated carbocycles. The molecule has 0 atom stereocenters. The van der Waals surface area contributed by atoms with Gasteiger partial charge in [0.05, 0.1) is 5.41 Å². The van der Waals surface area contributed by atoms with E-state index in [0.29, 0.717) is 0 Å². The third-order valence-electron chi connectivity index (χ3n) is 13.4. The number of benzene rings is 11. The summed E-state index contributed by atoms with van der Waals surface area (Å²) in [5.74, 6) is 0.